The summed E-state index contributed by atoms with van der Waals surface area (Å²) in [7, 11) is 0. The summed E-state index contributed by atoms with van der Waals surface area (Å²) in [6.07, 6.45) is 5.12. The van der Waals surface area contributed by atoms with Gasteiger partial charge in [-0.15, -0.1) is 0 Å². The van der Waals surface area contributed by atoms with Crippen LogP contribution in [0.4, 0.5) is 0 Å². The number of ether oxygens (including phenoxy) is 2. The van der Waals surface area contributed by atoms with Gasteiger partial charge in [-0.2, -0.15) is 0 Å². The lowest BCUT2D eigenvalue weighted by Gasteiger charge is -2.38. The largest absolute Gasteiger partial charge is 0.376 e. The Balaban J connectivity index is 1.76. The number of aryl methyl sites for hydroxylation is 1. The Bertz CT molecular complexity index is 505. The number of hydrogen-bond donors (Lipinski definition) is 0. The van der Waals surface area contributed by atoms with E-state index in [1.165, 1.54) is 0 Å². The summed E-state index contributed by atoms with van der Waals surface area (Å²) >= 11 is 0. The Morgan fingerprint density at radius 2 is 2.29 bits per heavy atom. The molecule has 1 amide bonds. The van der Waals surface area contributed by atoms with E-state index < -0.39 is 0 Å². The third-order valence-corrected chi connectivity index (χ3v) is 4.18. The number of hydrogen-bond acceptors (Lipinski definition) is 5. The van der Waals surface area contributed by atoms with Gasteiger partial charge >= 0.3 is 0 Å². The van der Waals surface area contributed by atoms with E-state index in [0.717, 1.165) is 18.5 Å². The molecule has 0 N–H and O–H groups in total. The predicted octanol–water partition coefficient (Wildman–Crippen LogP) is 1.19. The fourth-order valence-corrected chi connectivity index (χ4v) is 3.21. The van der Waals surface area contributed by atoms with Crippen molar-refractivity contribution in [1.29, 1.82) is 0 Å². The van der Waals surface area contributed by atoms with E-state index in [4.69, 9.17) is 9.47 Å². The lowest BCUT2D eigenvalue weighted by molar-refractivity contribution is -0.102. The molecule has 1 aliphatic heterocycles. The average Bonchev–Trinajstić information content (AvgIpc) is 2.91. The van der Waals surface area contributed by atoms with E-state index in [1.807, 2.05) is 18.7 Å². The van der Waals surface area contributed by atoms with E-state index in [-0.39, 0.29) is 24.2 Å². The molecule has 1 saturated carbocycles. The number of nitrogens with zero attached hydrogens (tertiary/aromatic N) is 3. The fourth-order valence-electron chi connectivity index (χ4n) is 3.21. The molecule has 114 valence electrons. The van der Waals surface area contributed by atoms with Gasteiger partial charge in [0, 0.05) is 19.3 Å². The molecule has 3 rings (SSSR count). The van der Waals surface area contributed by atoms with Crippen molar-refractivity contribution in [3.63, 3.8) is 0 Å². The van der Waals surface area contributed by atoms with E-state index in [2.05, 4.69) is 9.97 Å². The summed E-state index contributed by atoms with van der Waals surface area (Å²) in [5, 5.41) is 0. The number of aromatic nitrogens is 2. The molecule has 1 aromatic heterocycles. The van der Waals surface area contributed by atoms with E-state index >= 15 is 0 Å². The van der Waals surface area contributed by atoms with Crippen LogP contribution < -0.4 is 0 Å². The zero-order chi connectivity index (χ0) is 14.8. The fraction of sp³-hybridized carbons (Fsp3) is 0.667. The first-order valence-electron chi connectivity index (χ1n) is 7.53. The van der Waals surface area contributed by atoms with Crippen LogP contribution in [0.2, 0.25) is 0 Å². The van der Waals surface area contributed by atoms with E-state index in [0.29, 0.717) is 25.5 Å². The zero-order valence-corrected chi connectivity index (χ0v) is 12.5. The van der Waals surface area contributed by atoms with Gasteiger partial charge in [0.25, 0.3) is 5.91 Å². The summed E-state index contributed by atoms with van der Waals surface area (Å²) in [4.78, 5) is 22.9. The van der Waals surface area contributed by atoms with Crippen LogP contribution in [0, 0.1) is 6.92 Å². The number of carbonyl (C=O) groups excluding carboxylic acids is 1. The second kappa shape index (κ2) is 6.07. The topological polar surface area (TPSA) is 64.6 Å². The van der Waals surface area contributed by atoms with Crippen molar-refractivity contribution in [3.05, 3.63) is 23.8 Å². The lowest BCUT2D eigenvalue weighted by atomic mass is 10.1. The minimum absolute atomic E-state index is 0.0129. The molecule has 6 nitrogen and oxygen atoms in total. The van der Waals surface area contributed by atoms with Crippen LogP contribution in [0.15, 0.2) is 12.4 Å². The van der Waals surface area contributed by atoms with Crippen LogP contribution in [0.25, 0.3) is 0 Å². The number of rotatable bonds is 3. The molecule has 6 heteroatoms. The van der Waals surface area contributed by atoms with Gasteiger partial charge in [0.15, 0.2) is 0 Å². The predicted molar refractivity (Wildman–Crippen MR) is 76.0 cm³/mol. The van der Waals surface area contributed by atoms with Crippen molar-refractivity contribution in [2.75, 3.05) is 19.8 Å². The first kappa shape index (κ1) is 14.4. The number of carbonyl (C=O) groups is 1. The Morgan fingerprint density at radius 1 is 1.43 bits per heavy atom. The average molecular weight is 291 g/mol. The first-order chi connectivity index (χ1) is 10.2. The molecule has 2 heterocycles. The summed E-state index contributed by atoms with van der Waals surface area (Å²) < 4.78 is 11.6. The van der Waals surface area contributed by atoms with Crippen LogP contribution in [0.5, 0.6) is 0 Å². The maximum atomic E-state index is 12.6. The van der Waals surface area contributed by atoms with Gasteiger partial charge in [-0.3, -0.25) is 9.78 Å². The van der Waals surface area contributed by atoms with Gasteiger partial charge in [0.05, 0.1) is 30.6 Å². The summed E-state index contributed by atoms with van der Waals surface area (Å²) in [6, 6.07) is 0.0888. The summed E-state index contributed by atoms with van der Waals surface area (Å²) in [6.45, 7) is 5.68. The van der Waals surface area contributed by atoms with Gasteiger partial charge in [-0.05, 0) is 26.7 Å². The molecular formula is C15H21N3O3. The van der Waals surface area contributed by atoms with Crippen molar-refractivity contribution < 1.29 is 14.3 Å². The molecule has 1 aromatic rings. The van der Waals surface area contributed by atoms with Crippen LogP contribution in [-0.4, -0.2) is 58.8 Å². The third kappa shape index (κ3) is 2.78. The quantitative estimate of drug-likeness (QED) is 0.837. The van der Waals surface area contributed by atoms with E-state index in [9.17, 15) is 4.79 Å². The highest BCUT2D eigenvalue weighted by atomic mass is 16.5. The Kier molecular flexibility index (Phi) is 4.17. The number of fused-ring (bicyclic) bond motifs is 1. The molecule has 2 aliphatic rings. The lowest BCUT2D eigenvalue weighted by Crippen LogP contribution is -2.54. The van der Waals surface area contributed by atoms with Crippen LogP contribution in [0.3, 0.4) is 0 Å². The van der Waals surface area contributed by atoms with Crippen molar-refractivity contribution >= 4 is 5.91 Å². The molecule has 2 fully saturated rings. The highest BCUT2D eigenvalue weighted by Crippen LogP contribution is 2.32. The third-order valence-electron chi connectivity index (χ3n) is 4.18. The zero-order valence-electron chi connectivity index (χ0n) is 12.5. The van der Waals surface area contributed by atoms with Gasteiger partial charge in [0.1, 0.15) is 11.8 Å². The van der Waals surface area contributed by atoms with Gasteiger partial charge < -0.3 is 14.4 Å². The maximum Gasteiger partial charge on any atom is 0.274 e. The SMILES string of the molecule is CCO[C@@H]1CC[C@H]2[C@H]1OCCN2C(=O)c1cnc(C)cn1. The van der Waals surface area contributed by atoms with Crippen LogP contribution in [0.1, 0.15) is 35.9 Å². The number of amides is 1. The normalized spacial score (nSPS) is 28.5. The first-order valence-corrected chi connectivity index (χ1v) is 7.53. The molecule has 0 bridgehead atoms. The molecule has 0 aromatic carbocycles. The highest BCUT2D eigenvalue weighted by Gasteiger charge is 2.45. The molecule has 21 heavy (non-hydrogen) atoms. The minimum Gasteiger partial charge on any atom is -0.376 e. The minimum atomic E-state index is -0.0575. The summed E-state index contributed by atoms with van der Waals surface area (Å²) in [5.41, 5.74) is 1.21. The van der Waals surface area contributed by atoms with Crippen molar-refractivity contribution in [2.45, 2.75) is 44.9 Å². The van der Waals surface area contributed by atoms with Crippen molar-refractivity contribution in [3.8, 4) is 0 Å². The Morgan fingerprint density at radius 3 is 3.00 bits per heavy atom. The standard InChI is InChI=1S/C15H21N3O3/c1-3-20-13-5-4-12-14(13)21-7-6-18(12)15(19)11-9-16-10(2)8-17-11/h8-9,12-14H,3-7H2,1-2H3/t12-,13+,14+/m0/s1. The Hall–Kier alpha value is -1.53. The van der Waals surface area contributed by atoms with Crippen LogP contribution >= 0.6 is 0 Å². The van der Waals surface area contributed by atoms with Gasteiger partial charge in [-0.25, -0.2) is 4.98 Å². The number of morpholine rings is 1. The molecule has 0 unspecified atom stereocenters. The molecular weight excluding hydrogens is 270 g/mol. The summed E-state index contributed by atoms with van der Waals surface area (Å²) in [5.74, 6) is -0.0575. The monoisotopic (exact) mass is 291 g/mol. The second-order valence-corrected chi connectivity index (χ2v) is 5.52. The molecule has 1 aliphatic carbocycles. The van der Waals surface area contributed by atoms with Crippen molar-refractivity contribution in [2.24, 2.45) is 0 Å². The molecule has 0 spiro atoms. The molecule has 1 saturated heterocycles. The van der Waals surface area contributed by atoms with Gasteiger partial charge in [0.2, 0.25) is 0 Å². The van der Waals surface area contributed by atoms with Gasteiger partial charge in [-0.1, -0.05) is 0 Å². The smallest absolute Gasteiger partial charge is 0.274 e. The molecule has 3 atom stereocenters. The highest BCUT2D eigenvalue weighted by molar-refractivity contribution is 5.92. The molecule has 0 radical (unpaired) electrons. The Labute approximate surface area is 124 Å². The van der Waals surface area contributed by atoms with E-state index in [1.54, 1.807) is 12.4 Å². The second-order valence-electron chi connectivity index (χ2n) is 5.52. The van der Waals surface area contributed by atoms with Crippen LogP contribution in [-0.2, 0) is 9.47 Å². The van der Waals surface area contributed by atoms with Crippen molar-refractivity contribution in [1.82, 2.24) is 14.9 Å². The maximum absolute atomic E-state index is 12.6.